The highest BCUT2D eigenvalue weighted by molar-refractivity contribution is 6.31. The zero-order valence-electron chi connectivity index (χ0n) is 11.9. The van der Waals surface area contributed by atoms with E-state index in [9.17, 15) is 9.18 Å². The van der Waals surface area contributed by atoms with Crippen LogP contribution in [0.4, 0.5) is 4.39 Å². The summed E-state index contributed by atoms with van der Waals surface area (Å²) in [5, 5.41) is 6.75. The summed E-state index contributed by atoms with van der Waals surface area (Å²) < 4.78 is 13.8. The van der Waals surface area contributed by atoms with Crippen LogP contribution in [0.3, 0.4) is 0 Å². The van der Waals surface area contributed by atoms with E-state index < -0.39 is 0 Å². The molecular weight excluding hydrogens is 291 g/mol. The highest BCUT2D eigenvalue weighted by Crippen LogP contribution is 2.50. The molecule has 1 aromatic carbocycles. The molecule has 2 N–H and O–H groups in total. The van der Waals surface area contributed by atoms with Gasteiger partial charge in [-0.05, 0) is 50.4 Å². The zero-order chi connectivity index (χ0) is 14.8. The molecule has 3 nitrogen and oxygen atoms in total. The second-order valence-electron chi connectivity index (χ2n) is 6.02. The Labute approximate surface area is 129 Å². The Balaban J connectivity index is 1.53. The fourth-order valence-electron chi connectivity index (χ4n) is 3.13. The van der Waals surface area contributed by atoms with Crippen LogP contribution in [0.25, 0.3) is 0 Å². The lowest BCUT2D eigenvalue weighted by Gasteiger charge is -2.22. The summed E-state index contributed by atoms with van der Waals surface area (Å²) in [5.74, 6) is 0.108. The highest BCUT2D eigenvalue weighted by Gasteiger charge is 2.46. The summed E-state index contributed by atoms with van der Waals surface area (Å²) in [7, 11) is 0. The van der Waals surface area contributed by atoms with E-state index in [1.165, 1.54) is 6.07 Å². The predicted octanol–water partition coefficient (Wildman–Crippen LogP) is 2.70. The van der Waals surface area contributed by atoms with Crippen molar-refractivity contribution in [2.45, 2.75) is 25.2 Å². The third kappa shape index (κ3) is 3.38. The molecule has 114 valence electrons. The van der Waals surface area contributed by atoms with Crippen LogP contribution in [0.15, 0.2) is 18.2 Å². The molecule has 1 saturated heterocycles. The number of rotatable bonds is 4. The van der Waals surface area contributed by atoms with Gasteiger partial charge in [0.1, 0.15) is 5.82 Å². The zero-order valence-corrected chi connectivity index (χ0v) is 12.6. The average Bonchev–Trinajstić information content (AvgIpc) is 3.26. The Bertz CT molecular complexity index is 511. The lowest BCUT2D eigenvalue weighted by atomic mass is 9.98. The maximum atomic E-state index is 13.8. The Morgan fingerprint density at radius 1 is 1.38 bits per heavy atom. The summed E-state index contributed by atoms with van der Waals surface area (Å²) in [6, 6.07) is 4.68. The first-order chi connectivity index (χ1) is 10.2. The van der Waals surface area contributed by atoms with Crippen LogP contribution in [0, 0.1) is 17.7 Å². The molecule has 1 aliphatic heterocycles. The summed E-state index contributed by atoms with van der Waals surface area (Å²) in [6.07, 6.45) is 2.90. The van der Waals surface area contributed by atoms with Gasteiger partial charge in [-0.3, -0.25) is 4.79 Å². The first kappa shape index (κ1) is 14.8. The largest absolute Gasteiger partial charge is 0.356 e. The maximum absolute atomic E-state index is 13.8. The molecule has 0 unspecified atom stereocenters. The van der Waals surface area contributed by atoms with Crippen molar-refractivity contribution in [1.82, 2.24) is 10.6 Å². The molecule has 2 atom stereocenters. The molecule has 1 aromatic rings. The van der Waals surface area contributed by atoms with Crippen molar-refractivity contribution in [3.05, 3.63) is 34.6 Å². The van der Waals surface area contributed by atoms with Crippen molar-refractivity contribution in [2.75, 3.05) is 19.6 Å². The SMILES string of the molecule is O=C(NCC1CCNCC1)[C@@H]1C[C@@H]1c1c(F)cccc1Cl. The molecule has 3 rings (SSSR count). The third-order valence-electron chi connectivity index (χ3n) is 4.52. The normalized spacial score (nSPS) is 25.6. The van der Waals surface area contributed by atoms with E-state index in [1.54, 1.807) is 12.1 Å². The van der Waals surface area contributed by atoms with Crippen molar-refractivity contribution in [1.29, 1.82) is 0 Å². The summed E-state index contributed by atoms with van der Waals surface area (Å²) >= 11 is 6.05. The van der Waals surface area contributed by atoms with E-state index in [2.05, 4.69) is 10.6 Å². The minimum absolute atomic E-state index is 0.0397. The molecule has 0 spiro atoms. The topological polar surface area (TPSA) is 41.1 Å². The predicted molar refractivity (Wildman–Crippen MR) is 80.9 cm³/mol. The third-order valence-corrected chi connectivity index (χ3v) is 4.85. The standard InChI is InChI=1S/C16H20ClFN2O/c17-13-2-1-3-14(18)15(13)11-8-12(11)16(21)20-9-10-4-6-19-7-5-10/h1-3,10-12,19H,4-9H2,(H,20,21)/t11-,12+/m0/s1. The van der Waals surface area contributed by atoms with Crippen LogP contribution in [-0.2, 0) is 4.79 Å². The molecule has 1 heterocycles. The number of hydrogen-bond donors (Lipinski definition) is 2. The number of piperidine rings is 1. The van der Waals surface area contributed by atoms with Crippen LogP contribution in [0.1, 0.15) is 30.7 Å². The number of amides is 1. The monoisotopic (exact) mass is 310 g/mol. The van der Waals surface area contributed by atoms with Gasteiger partial charge in [-0.25, -0.2) is 4.39 Å². The average molecular weight is 311 g/mol. The van der Waals surface area contributed by atoms with Gasteiger partial charge in [0.15, 0.2) is 0 Å². The van der Waals surface area contributed by atoms with Gasteiger partial charge in [0, 0.05) is 29.0 Å². The van der Waals surface area contributed by atoms with E-state index in [0.717, 1.165) is 32.5 Å². The van der Waals surface area contributed by atoms with E-state index >= 15 is 0 Å². The number of benzene rings is 1. The molecule has 5 heteroatoms. The van der Waals surface area contributed by atoms with E-state index in [4.69, 9.17) is 11.6 Å². The Kier molecular flexibility index (Phi) is 4.45. The van der Waals surface area contributed by atoms with Crippen LogP contribution in [-0.4, -0.2) is 25.5 Å². The fourth-order valence-corrected chi connectivity index (χ4v) is 3.43. The van der Waals surface area contributed by atoms with E-state index in [1.807, 2.05) is 0 Å². The number of carbonyl (C=O) groups is 1. The summed E-state index contributed by atoms with van der Waals surface area (Å²) in [5.41, 5.74) is 0.501. The van der Waals surface area contributed by atoms with E-state index in [0.29, 0.717) is 22.9 Å². The number of nitrogens with one attached hydrogen (secondary N) is 2. The molecule has 21 heavy (non-hydrogen) atoms. The molecule has 2 fully saturated rings. The Hall–Kier alpha value is -1.13. The molecule has 1 saturated carbocycles. The highest BCUT2D eigenvalue weighted by atomic mass is 35.5. The molecule has 0 bridgehead atoms. The molecule has 2 aliphatic rings. The second kappa shape index (κ2) is 6.32. The number of halogens is 2. The van der Waals surface area contributed by atoms with Crippen molar-refractivity contribution >= 4 is 17.5 Å². The van der Waals surface area contributed by atoms with Crippen LogP contribution < -0.4 is 10.6 Å². The van der Waals surface area contributed by atoms with Gasteiger partial charge >= 0.3 is 0 Å². The lowest BCUT2D eigenvalue weighted by Crippen LogP contribution is -2.36. The van der Waals surface area contributed by atoms with Gasteiger partial charge in [0.25, 0.3) is 0 Å². The van der Waals surface area contributed by atoms with Crippen LogP contribution in [0.5, 0.6) is 0 Å². The van der Waals surface area contributed by atoms with Crippen molar-refractivity contribution in [2.24, 2.45) is 11.8 Å². The molecular formula is C16H20ClFN2O. The molecule has 1 aliphatic carbocycles. The van der Waals surface area contributed by atoms with Gasteiger partial charge < -0.3 is 10.6 Å². The van der Waals surface area contributed by atoms with Crippen LogP contribution in [0.2, 0.25) is 5.02 Å². The van der Waals surface area contributed by atoms with Gasteiger partial charge in [0.2, 0.25) is 5.91 Å². The molecule has 1 amide bonds. The first-order valence-corrected chi connectivity index (χ1v) is 7.97. The minimum atomic E-state index is -0.304. The van der Waals surface area contributed by atoms with Gasteiger partial charge in [-0.15, -0.1) is 0 Å². The first-order valence-electron chi connectivity index (χ1n) is 7.59. The minimum Gasteiger partial charge on any atom is -0.356 e. The Morgan fingerprint density at radius 2 is 2.14 bits per heavy atom. The lowest BCUT2D eigenvalue weighted by molar-refractivity contribution is -0.122. The maximum Gasteiger partial charge on any atom is 0.223 e. The smallest absolute Gasteiger partial charge is 0.223 e. The van der Waals surface area contributed by atoms with E-state index in [-0.39, 0.29) is 23.6 Å². The summed E-state index contributed by atoms with van der Waals surface area (Å²) in [6.45, 7) is 2.78. The van der Waals surface area contributed by atoms with Crippen LogP contribution >= 0.6 is 11.6 Å². The Morgan fingerprint density at radius 3 is 2.86 bits per heavy atom. The van der Waals surface area contributed by atoms with Gasteiger partial charge in [-0.2, -0.15) is 0 Å². The molecule has 0 radical (unpaired) electrons. The van der Waals surface area contributed by atoms with Crippen molar-refractivity contribution < 1.29 is 9.18 Å². The summed E-state index contributed by atoms with van der Waals surface area (Å²) in [4.78, 5) is 12.2. The number of carbonyl (C=O) groups excluding carboxylic acids is 1. The van der Waals surface area contributed by atoms with Gasteiger partial charge in [-0.1, -0.05) is 17.7 Å². The second-order valence-corrected chi connectivity index (χ2v) is 6.43. The van der Waals surface area contributed by atoms with Crippen molar-refractivity contribution in [3.63, 3.8) is 0 Å². The molecule has 0 aromatic heterocycles. The quantitative estimate of drug-likeness (QED) is 0.898. The fraction of sp³-hybridized carbons (Fsp3) is 0.562. The number of hydrogen-bond acceptors (Lipinski definition) is 2. The van der Waals surface area contributed by atoms with Gasteiger partial charge in [0.05, 0.1) is 0 Å². The van der Waals surface area contributed by atoms with Crippen molar-refractivity contribution in [3.8, 4) is 0 Å².